The zero-order valence-electron chi connectivity index (χ0n) is 9.71. The van der Waals surface area contributed by atoms with Gasteiger partial charge in [0.2, 0.25) is 10.0 Å². The first-order chi connectivity index (χ1) is 8.58. The third-order valence-electron chi connectivity index (χ3n) is 2.24. The molecule has 19 heavy (non-hydrogen) atoms. The van der Waals surface area contributed by atoms with E-state index >= 15 is 0 Å². The Balaban J connectivity index is 3.20. The number of nitrogens with zero attached hydrogens (tertiary/aromatic N) is 1. The predicted molar refractivity (Wildman–Crippen MR) is 69.6 cm³/mol. The molecule has 108 valence electrons. The smallest absolute Gasteiger partial charge is 0.207 e. The first-order valence-electron chi connectivity index (χ1n) is 4.95. The van der Waals surface area contributed by atoms with Crippen LogP contribution in [0.4, 0.5) is 13.2 Å². The second kappa shape index (κ2) is 5.99. The molecule has 0 aliphatic carbocycles. The fourth-order valence-electron chi connectivity index (χ4n) is 1.33. The van der Waals surface area contributed by atoms with Gasteiger partial charge in [-0.3, -0.25) is 0 Å². The third kappa shape index (κ3) is 4.34. The summed E-state index contributed by atoms with van der Waals surface area (Å²) in [5.74, 6) is 0.0682. The van der Waals surface area contributed by atoms with Crippen molar-refractivity contribution in [3.05, 3.63) is 28.2 Å². The van der Waals surface area contributed by atoms with Gasteiger partial charge in [-0.2, -0.15) is 17.5 Å². The predicted octanol–water partition coefficient (Wildman–Crippen LogP) is 3.37. The molecule has 0 amide bonds. The largest absolute Gasteiger partial charge is 0.402 e. The van der Waals surface area contributed by atoms with Crippen LogP contribution in [0.5, 0.6) is 0 Å². The summed E-state index contributed by atoms with van der Waals surface area (Å²) in [6, 6.07) is 4.27. The van der Waals surface area contributed by atoms with Crippen LogP contribution in [0.1, 0.15) is 5.56 Å². The minimum Gasteiger partial charge on any atom is -0.207 e. The van der Waals surface area contributed by atoms with E-state index in [1.807, 2.05) is 0 Å². The number of benzene rings is 1. The zero-order chi connectivity index (χ0) is 14.8. The highest BCUT2D eigenvalue weighted by Crippen LogP contribution is 2.28. The summed E-state index contributed by atoms with van der Waals surface area (Å²) in [6.07, 6.45) is -4.60. The Morgan fingerprint density at radius 1 is 1.37 bits per heavy atom. The van der Waals surface area contributed by atoms with Gasteiger partial charge in [-0.05, 0) is 33.6 Å². The fourth-order valence-corrected chi connectivity index (χ4v) is 3.63. The van der Waals surface area contributed by atoms with Crippen LogP contribution in [-0.4, -0.2) is 32.5 Å². The van der Waals surface area contributed by atoms with Crippen molar-refractivity contribution in [2.75, 3.05) is 13.6 Å². The lowest BCUT2D eigenvalue weighted by molar-refractivity contribution is -0.134. The molecule has 1 aromatic rings. The molecule has 1 aromatic carbocycles. The maximum atomic E-state index is 12.3. The summed E-state index contributed by atoms with van der Waals surface area (Å²) >= 11 is 8.60. The van der Waals surface area contributed by atoms with Crippen LogP contribution >= 0.6 is 27.5 Å². The Hall–Kier alpha value is -0.310. The van der Waals surface area contributed by atoms with Crippen molar-refractivity contribution in [1.82, 2.24) is 4.31 Å². The van der Waals surface area contributed by atoms with Crippen LogP contribution in [0, 0.1) is 0 Å². The molecule has 0 unspecified atom stereocenters. The standard InChI is InChI=1S/C10H10BrClF3NO2S/c1-16(6-10(13,14)15)19(17,18)9-4-7(5-12)2-3-8(9)11/h2-4H,5-6H2,1H3. The van der Waals surface area contributed by atoms with Gasteiger partial charge >= 0.3 is 6.18 Å². The fraction of sp³-hybridized carbons (Fsp3) is 0.400. The summed E-state index contributed by atoms with van der Waals surface area (Å²) in [5, 5.41) is 0. The van der Waals surface area contributed by atoms with E-state index in [0.29, 0.717) is 5.56 Å². The quantitative estimate of drug-likeness (QED) is 0.751. The minimum absolute atomic E-state index is 0.0682. The Labute approximate surface area is 122 Å². The van der Waals surface area contributed by atoms with Gasteiger partial charge < -0.3 is 0 Å². The molecule has 3 nitrogen and oxygen atoms in total. The van der Waals surface area contributed by atoms with Crippen LogP contribution in [-0.2, 0) is 15.9 Å². The van der Waals surface area contributed by atoms with E-state index < -0.39 is 22.7 Å². The highest BCUT2D eigenvalue weighted by Gasteiger charge is 2.35. The molecule has 0 saturated carbocycles. The average Bonchev–Trinajstić information content (AvgIpc) is 2.27. The third-order valence-corrected chi connectivity index (χ3v) is 5.35. The topological polar surface area (TPSA) is 37.4 Å². The number of halogens is 5. The Bertz CT molecular complexity index is 562. The van der Waals surface area contributed by atoms with E-state index in [1.54, 1.807) is 6.07 Å². The molecule has 0 fully saturated rings. The lowest BCUT2D eigenvalue weighted by atomic mass is 10.2. The molecule has 0 atom stereocenters. The van der Waals surface area contributed by atoms with Gasteiger partial charge in [0.05, 0.1) is 4.90 Å². The number of hydrogen-bond acceptors (Lipinski definition) is 2. The zero-order valence-corrected chi connectivity index (χ0v) is 12.9. The molecule has 0 spiro atoms. The van der Waals surface area contributed by atoms with Crippen molar-refractivity contribution >= 4 is 37.6 Å². The lowest BCUT2D eigenvalue weighted by Gasteiger charge is -2.19. The second-order valence-electron chi connectivity index (χ2n) is 3.77. The average molecular weight is 381 g/mol. The number of alkyl halides is 4. The Kier molecular flexibility index (Phi) is 5.28. The Morgan fingerprint density at radius 3 is 2.42 bits per heavy atom. The van der Waals surface area contributed by atoms with E-state index in [2.05, 4.69) is 15.9 Å². The lowest BCUT2D eigenvalue weighted by Crippen LogP contribution is -2.36. The molecule has 0 N–H and O–H groups in total. The molecule has 0 radical (unpaired) electrons. The summed E-state index contributed by atoms with van der Waals surface area (Å²) in [5.41, 5.74) is 0.504. The molecule has 1 rings (SSSR count). The first kappa shape index (κ1) is 16.7. The molecule has 0 saturated heterocycles. The van der Waals surface area contributed by atoms with Crippen molar-refractivity contribution in [2.24, 2.45) is 0 Å². The maximum Gasteiger partial charge on any atom is 0.402 e. The molecule has 0 heterocycles. The highest BCUT2D eigenvalue weighted by atomic mass is 79.9. The van der Waals surface area contributed by atoms with Crippen LogP contribution < -0.4 is 0 Å². The van der Waals surface area contributed by atoms with Crippen LogP contribution in [0.15, 0.2) is 27.6 Å². The van der Waals surface area contributed by atoms with E-state index in [1.165, 1.54) is 12.1 Å². The van der Waals surface area contributed by atoms with E-state index in [4.69, 9.17) is 11.6 Å². The van der Waals surface area contributed by atoms with E-state index in [9.17, 15) is 21.6 Å². The Morgan fingerprint density at radius 2 is 1.95 bits per heavy atom. The summed E-state index contributed by atoms with van der Waals surface area (Å²) in [4.78, 5) is -0.239. The van der Waals surface area contributed by atoms with Crippen molar-refractivity contribution in [3.63, 3.8) is 0 Å². The van der Waals surface area contributed by atoms with Crippen molar-refractivity contribution in [3.8, 4) is 0 Å². The molecule has 0 aromatic heterocycles. The molecular weight excluding hydrogens is 371 g/mol. The van der Waals surface area contributed by atoms with Crippen molar-refractivity contribution in [1.29, 1.82) is 0 Å². The highest BCUT2D eigenvalue weighted by molar-refractivity contribution is 9.10. The van der Waals surface area contributed by atoms with Gasteiger partial charge in [0.15, 0.2) is 0 Å². The normalized spacial score (nSPS) is 13.0. The van der Waals surface area contributed by atoms with E-state index in [-0.39, 0.29) is 19.6 Å². The van der Waals surface area contributed by atoms with Crippen molar-refractivity contribution < 1.29 is 21.6 Å². The van der Waals surface area contributed by atoms with E-state index in [0.717, 1.165) is 7.05 Å². The number of rotatable bonds is 4. The molecule has 0 aliphatic heterocycles. The van der Waals surface area contributed by atoms with Gasteiger partial charge in [-0.15, -0.1) is 11.6 Å². The number of hydrogen-bond donors (Lipinski definition) is 0. The van der Waals surface area contributed by atoms with Gasteiger partial charge in [0, 0.05) is 17.4 Å². The van der Waals surface area contributed by atoms with Gasteiger partial charge in [0.1, 0.15) is 6.54 Å². The summed E-state index contributed by atoms with van der Waals surface area (Å²) in [6.45, 7) is -1.55. The second-order valence-corrected chi connectivity index (χ2v) is 6.91. The first-order valence-corrected chi connectivity index (χ1v) is 7.72. The van der Waals surface area contributed by atoms with Crippen LogP contribution in [0.3, 0.4) is 0 Å². The van der Waals surface area contributed by atoms with Gasteiger partial charge in [-0.1, -0.05) is 6.07 Å². The number of sulfonamides is 1. The molecule has 9 heteroatoms. The minimum atomic E-state index is -4.60. The van der Waals surface area contributed by atoms with Crippen LogP contribution in [0.25, 0.3) is 0 Å². The molecule has 0 bridgehead atoms. The maximum absolute atomic E-state index is 12.3. The summed E-state index contributed by atoms with van der Waals surface area (Å²) in [7, 11) is -3.35. The SMILES string of the molecule is CN(CC(F)(F)F)S(=O)(=O)c1cc(CCl)ccc1Br. The van der Waals surface area contributed by atoms with Crippen molar-refractivity contribution in [2.45, 2.75) is 17.0 Å². The molecule has 0 aliphatic rings. The van der Waals surface area contributed by atoms with Gasteiger partial charge in [0.25, 0.3) is 0 Å². The van der Waals surface area contributed by atoms with Gasteiger partial charge in [-0.25, -0.2) is 8.42 Å². The monoisotopic (exact) mass is 379 g/mol. The molecular formula is C10H10BrClF3NO2S. The van der Waals surface area contributed by atoms with Crippen LogP contribution in [0.2, 0.25) is 0 Å². The summed E-state index contributed by atoms with van der Waals surface area (Å²) < 4.78 is 61.3.